The van der Waals surface area contributed by atoms with Crippen molar-refractivity contribution in [2.75, 3.05) is 13.1 Å². The Morgan fingerprint density at radius 1 is 1.20 bits per heavy atom. The van der Waals surface area contributed by atoms with Crippen molar-refractivity contribution in [2.45, 2.75) is 70.4 Å². The van der Waals surface area contributed by atoms with Gasteiger partial charge in [0.25, 0.3) is 5.91 Å². The molecule has 1 aromatic rings. The molecule has 3 rings (SSSR count). The highest BCUT2D eigenvalue weighted by molar-refractivity contribution is 5.85. The number of carbonyl (C=O) groups excluding carboxylic acids is 1. The molecule has 1 amide bonds. The summed E-state index contributed by atoms with van der Waals surface area (Å²) in [5.41, 5.74) is 1.18. The number of hydrogen-bond donors (Lipinski definition) is 2. The van der Waals surface area contributed by atoms with E-state index in [0.29, 0.717) is 19.4 Å². The minimum atomic E-state index is -1.16. The number of amides is 1. The van der Waals surface area contributed by atoms with Crippen LogP contribution >= 0.6 is 0 Å². The number of aliphatic hydroxyl groups is 1. The summed E-state index contributed by atoms with van der Waals surface area (Å²) < 4.78 is 5.80. The van der Waals surface area contributed by atoms with Crippen molar-refractivity contribution in [3.05, 3.63) is 35.4 Å². The highest BCUT2D eigenvalue weighted by Gasteiger charge is 2.38. The van der Waals surface area contributed by atoms with Crippen molar-refractivity contribution in [3.63, 3.8) is 0 Å². The molecule has 1 aliphatic carbocycles. The molecule has 2 fully saturated rings. The molecule has 2 aliphatic rings. The number of benzene rings is 1. The summed E-state index contributed by atoms with van der Waals surface area (Å²) >= 11 is 0. The third kappa shape index (κ3) is 4.60. The van der Waals surface area contributed by atoms with Crippen LogP contribution in [0.2, 0.25) is 0 Å². The van der Waals surface area contributed by atoms with E-state index in [1.807, 2.05) is 12.1 Å². The molecule has 1 heterocycles. The van der Waals surface area contributed by atoms with Crippen LogP contribution in [-0.4, -0.2) is 46.8 Å². The lowest BCUT2D eigenvalue weighted by atomic mass is 10.0. The summed E-state index contributed by atoms with van der Waals surface area (Å²) in [6.45, 7) is 7.38. The second-order valence-electron chi connectivity index (χ2n) is 7.64. The standard InChI is InChI=1S/C20H30N2O3/c1-15-12-22(13-16(2)25-15)14-18-8-4-3-7-17(18)11-21-19(23)20(24)9-5-6-10-20/h3-4,7-8,15-16,24H,5-6,9-14H2,1-2H3,(H,21,23). The third-order valence-corrected chi connectivity index (χ3v) is 5.30. The lowest BCUT2D eigenvalue weighted by Crippen LogP contribution is -2.45. The molecular weight excluding hydrogens is 316 g/mol. The number of ether oxygens (including phenoxy) is 1. The summed E-state index contributed by atoms with van der Waals surface area (Å²) in [6, 6.07) is 8.22. The first-order valence-electron chi connectivity index (χ1n) is 9.41. The Bertz CT molecular complexity index is 588. The summed E-state index contributed by atoms with van der Waals surface area (Å²) in [5, 5.41) is 13.3. The van der Waals surface area contributed by atoms with Gasteiger partial charge in [0.05, 0.1) is 12.2 Å². The predicted octanol–water partition coefficient (Wildman–Crippen LogP) is 2.22. The number of nitrogens with one attached hydrogen (secondary N) is 1. The second kappa shape index (κ2) is 7.85. The van der Waals surface area contributed by atoms with Crippen molar-refractivity contribution in [1.29, 1.82) is 0 Å². The SMILES string of the molecule is CC1CN(Cc2ccccc2CNC(=O)C2(O)CCCC2)CC(C)O1. The number of carbonyl (C=O) groups is 1. The molecule has 0 radical (unpaired) electrons. The zero-order chi connectivity index (χ0) is 17.9. The number of nitrogens with zero attached hydrogens (tertiary/aromatic N) is 1. The summed E-state index contributed by atoms with van der Waals surface area (Å²) in [6.07, 6.45) is 3.48. The van der Waals surface area contributed by atoms with Crippen LogP contribution in [-0.2, 0) is 22.6 Å². The monoisotopic (exact) mass is 346 g/mol. The maximum Gasteiger partial charge on any atom is 0.252 e. The lowest BCUT2D eigenvalue weighted by molar-refractivity contribution is -0.139. The third-order valence-electron chi connectivity index (χ3n) is 5.30. The van der Waals surface area contributed by atoms with Gasteiger partial charge in [-0.25, -0.2) is 0 Å². The van der Waals surface area contributed by atoms with E-state index in [0.717, 1.165) is 38.0 Å². The largest absolute Gasteiger partial charge is 0.380 e. The molecule has 5 heteroatoms. The van der Waals surface area contributed by atoms with Crippen LogP contribution in [0.3, 0.4) is 0 Å². The van der Waals surface area contributed by atoms with Gasteiger partial charge in [-0.2, -0.15) is 0 Å². The first-order chi connectivity index (χ1) is 12.0. The summed E-state index contributed by atoms with van der Waals surface area (Å²) in [7, 11) is 0. The fraction of sp³-hybridized carbons (Fsp3) is 0.650. The molecule has 0 aromatic heterocycles. The molecule has 1 aromatic carbocycles. The van der Waals surface area contributed by atoms with Gasteiger partial charge >= 0.3 is 0 Å². The molecule has 0 bridgehead atoms. The number of hydrogen-bond acceptors (Lipinski definition) is 4. The van der Waals surface area contributed by atoms with E-state index in [1.54, 1.807) is 0 Å². The van der Waals surface area contributed by atoms with Crippen molar-refractivity contribution < 1.29 is 14.6 Å². The molecule has 0 spiro atoms. The Hall–Kier alpha value is -1.43. The zero-order valence-electron chi connectivity index (χ0n) is 15.3. The van der Waals surface area contributed by atoms with Gasteiger partial charge in [0.2, 0.25) is 0 Å². The van der Waals surface area contributed by atoms with E-state index in [2.05, 4.69) is 36.2 Å². The Morgan fingerprint density at radius 3 is 2.44 bits per heavy atom. The topological polar surface area (TPSA) is 61.8 Å². The van der Waals surface area contributed by atoms with Crippen molar-refractivity contribution in [1.82, 2.24) is 10.2 Å². The van der Waals surface area contributed by atoms with Crippen LogP contribution < -0.4 is 5.32 Å². The van der Waals surface area contributed by atoms with Crippen LogP contribution in [0, 0.1) is 0 Å². The van der Waals surface area contributed by atoms with Crippen molar-refractivity contribution >= 4 is 5.91 Å². The lowest BCUT2D eigenvalue weighted by Gasteiger charge is -2.35. The Kier molecular flexibility index (Phi) is 5.77. The van der Waals surface area contributed by atoms with E-state index in [4.69, 9.17) is 4.74 Å². The minimum absolute atomic E-state index is 0.228. The smallest absolute Gasteiger partial charge is 0.252 e. The van der Waals surface area contributed by atoms with E-state index < -0.39 is 5.60 Å². The van der Waals surface area contributed by atoms with Gasteiger partial charge in [-0.05, 0) is 50.7 Å². The van der Waals surface area contributed by atoms with Gasteiger partial charge in [-0.3, -0.25) is 9.69 Å². The molecule has 1 aliphatic heterocycles. The van der Waals surface area contributed by atoms with E-state index in [-0.39, 0.29) is 18.1 Å². The van der Waals surface area contributed by atoms with E-state index in [9.17, 15) is 9.90 Å². The van der Waals surface area contributed by atoms with E-state index >= 15 is 0 Å². The molecule has 1 saturated carbocycles. The van der Waals surface area contributed by atoms with Crippen LogP contribution in [0.25, 0.3) is 0 Å². The summed E-state index contributed by atoms with van der Waals surface area (Å²) in [4.78, 5) is 14.7. The van der Waals surface area contributed by atoms with Gasteiger partial charge in [0.15, 0.2) is 0 Å². The molecule has 5 nitrogen and oxygen atoms in total. The minimum Gasteiger partial charge on any atom is -0.380 e. The van der Waals surface area contributed by atoms with Crippen molar-refractivity contribution in [2.24, 2.45) is 0 Å². The molecule has 1 saturated heterocycles. The van der Waals surface area contributed by atoms with Gasteiger partial charge in [0, 0.05) is 26.2 Å². The molecule has 2 N–H and O–H groups in total. The molecule has 2 unspecified atom stereocenters. The first-order valence-corrected chi connectivity index (χ1v) is 9.41. The fourth-order valence-corrected chi connectivity index (χ4v) is 4.07. The Morgan fingerprint density at radius 2 is 1.80 bits per heavy atom. The number of morpholine rings is 1. The quantitative estimate of drug-likeness (QED) is 0.858. The average Bonchev–Trinajstić information content (AvgIpc) is 3.01. The highest BCUT2D eigenvalue weighted by Crippen LogP contribution is 2.29. The second-order valence-corrected chi connectivity index (χ2v) is 7.64. The molecule has 138 valence electrons. The Balaban J connectivity index is 1.62. The predicted molar refractivity (Wildman–Crippen MR) is 97.0 cm³/mol. The van der Waals surface area contributed by atoms with Crippen LogP contribution in [0.15, 0.2) is 24.3 Å². The van der Waals surface area contributed by atoms with Gasteiger partial charge in [-0.15, -0.1) is 0 Å². The normalized spacial score (nSPS) is 26.5. The number of rotatable bonds is 5. The molecular formula is C20H30N2O3. The molecule has 2 atom stereocenters. The highest BCUT2D eigenvalue weighted by atomic mass is 16.5. The maximum atomic E-state index is 12.3. The van der Waals surface area contributed by atoms with Gasteiger partial charge in [-0.1, -0.05) is 24.3 Å². The average molecular weight is 346 g/mol. The van der Waals surface area contributed by atoms with Crippen LogP contribution in [0.1, 0.15) is 50.7 Å². The van der Waals surface area contributed by atoms with Crippen LogP contribution in [0.5, 0.6) is 0 Å². The van der Waals surface area contributed by atoms with Crippen LogP contribution in [0.4, 0.5) is 0 Å². The van der Waals surface area contributed by atoms with Gasteiger partial charge in [0.1, 0.15) is 5.60 Å². The van der Waals surface area contributed by atoms with E-state index in [1.165, 1.54) is 5.56 Å². The van der Waals surface area contributed by atoms with Gasteiger partial charge < -0.3 is 15.2 Å². The zero-order valence-corrected chi connectivity index (χ0v) is 15.3. The first kappa shape index (κ1) is 18.4. The fourth-order valence-electron chi connectivity index (χ4n) is 4.07. The maximum absolute atomic E-state index is 12.3. The Labute approximate surface area is 150 Å². The molecule has 25 heavy (non-hydrogen) atoms. The van der Waals surface area contributed by atoms with Crippen molar-refractivity contribution in [3.8, 4) is 0 Å². The summed E-state index contributed by atoms with van der Waals surface area (Å²) in [5.74, 6) is -0.228.